The van der Waals surface area contributed by atoms with Crippen LogP contribution in [0.25, 0.3) is 0 Å². The first kappa shape index (κ1) is 21.6. The maximum absolute atomic E-state index is 13.7. The van der Waals surface area contributed by atoms with Crippen molar-refractivity contribution in [3.8, 4) is 0 Å². The number of piperazine rings is 1. The molecule has 3 aliphatic rings. The van der Waals surface area contributed by atoms with Gasteiger partial charge in [-0.15, -0.1) is 0 Å². The fourth-order valence-corrected chi connectivity index (χ4v) is 5.63. The number of benzene rings is 1. The number of amides is 1. The zero-order chi connectivity index (χ0) is 22.2. The Balaban J connectivity index is 1.32. The molecule has 0 bridgehead atoms. The molecule has 7 nitrogen and oxygen atoms in total. The lowest BCUT2D eigenvalue weighted by molar-refractivity contribution is -0.133. The zero-order valence-electron chi connectivity index (χ0n) is 18.4. The van der Waals surface area contributed by atoms with E-state index in [1.165, 1.54) is 0 Å². The number of carbonyl (C=O) groups excluding carboxylic acids is 1. The van der Waals surface area contributed by atoms with Gasteiger partial charge in [-0.25, -0.2) is 9.97 Å². The van der Waals surface area contributed by atoms with Gasteiger partial charge in [-0.3, -0.25) is 4.79 Å². The SMILES string of the molecule is C[C@@H]1C[C@@H](O)c2ncnc(N3CCN(C(=O)C(c4ccc(Cl)cc4)C4CCCN4)CC3)c21. The molecule has 3 heterocycles. The molecule has 0 radical (unpaired) electrons. The number of halogens is 1. The number of fused-ring (bicyclic) bond motifs is 1. The van der Waals surface area contributed by atoms with E-state index in [0.29, 0.717) is 24.5 Å². The maximum atomic E-state index is 13.7. The third kappa shape index (κ3) is 3.98. The van der Waals surface area contributed by atoms with Gasteiger partial charge >= 0.3 is 0 Å². The van der Waals surface area contributed by atoms with Crippen LogP contribution in [0.2, 0.25) is 5.02 Å². The van der Waals surface area contributed by atoms with E-state index in [-0.39, 0.29) is 23.8 Å². The molecule has 8 heteroatoms. The van der Waals surface area contributed by atoms with Gasteiger partial charge in [0.25, 0.3) is 0 Å². The third-order valence-corrected chi connectivity index (χ3v) is 7.42. The van der Waals surface area contributed by atoms with Crippen LogP contribution < -0.4 is 10.2 Å². The molecule has 2 N–H and O–H groups in total. The first-order valence-electron chi connectivity index (χ1n) is 11.6. The fraction of sp³-hybridized carbons (Fsp3) is 0.542. The lowest BCUT2D eigenvalue weighted by atomic mass is 9.89. The predicted molar refractivity (Wildman–Crippen MR) is 124 cm³/mol. The number of aliphatic hydroxyl groups is 1. The van der Waals surface area contributed by atoms with E-state index in [9.17, 15) is 9.90 Å². The summed E-state index contributed by atoms with van der Waals surface area (Å²) in [6.07, 6.45) is 3.83. The van der Waals surface area contributed by atoms with Crippen molar-refractivity contribution in [2.45, 2.75) is 50.2 Å². The molecule has 1 aromatic heterocycles. The van der Waals surface area contributed by atoms with Gasteiger partial charge in [0.15, 0.2) is 0 Å². The van der Waals surface area contributed by atoms with Gasteiger partial charge in [0.2, 0.25) is 5.91 Å². The minimum Gasteiger partial charge on any atom is -0.387 e. The largest absolute Gasteiger partial charge is 0.387 e. The second-order valence-corrected chi connectivity index (χ2v) is 9.63. The molecular weight excluding hydrogens is 426 g/mol. The Morgan fingerprint density at radius 3 is 2.62 bits per heavy atom. The van der Waals surface area contributed by atoms with Gasteiger partial charge in [-0.05, 0) is 49.4 Å². The number of aromatic nitrogens is 2. The van der Waals surface area contributed by atoms with E-state index in [1.807, 2.05) is 29.2 Å². The Hall–Kier alpha value is -2.22. The summed E-state index contributed by atoms with van der Waals surface area (Å²) >= 11 is 6.10. The lowest BCUT2D eigenvalue weighted by Gasteiger charge is -2.38. The van der Waals surface area contributed by atoms with Gasteiger partial charge in [-0.2, -0.15) is 0 Å². The second-order valence-electron chi connectivity index (χ2n) is 9.19. The number of aliphatic hydroxyl groups excluding tert-OH is 1. The fourth-order valence-electron chi connectivity index (χ4n) is 5.50. The Morgan fingerprint density at radius 2 is 1.94 bits per heavy atom. The van der Waals surface area contributed by atoms with Gasteiger partial charge in [0.1, 0.15) is 12.1 Å². The highest BCUT2D eigenvalue weighted by atomic mass is 35.5. The van der Waals surface area contributed by atoms with Crippen molar-refractivity contribution in [1.29, 1.82) is 0 Å². The van der Waals surface area contributed by atoms with Gasteiger partial charge in [-0.1, -0.05) is 30.7 Å². The normalized spacial score (nSPS) is 26.3. The van der Waals surface area contributed by atoms with E-state index in [2.05, 4.69) is 27.1 Å². The molecule has 1 aliphatic carbocycles. The number of anilines is 1. The summed E-state index contributed by atoms with van der Waals surface area (Å²) in [7, 11) is 0. The third-order valence-electron chi connectivity index (χ3n) is 7.17. The van der Waals surface area contributed by atoms with Crippen LogP contribution in [-0.4, -0.2) is 64.6 Å². The van der Waals surface area contributed by atoms with E-state index >= 15 is 0 Å². The number of hydrogen-bond acceptors (Lipinski definition) is 6. The molecule has 4 atom stereocenters. The second kappa shape index (κ2) is 8.96. The average molecular weight is 456 g/mol. The molecule has 170 valence electrons. The zero-order valence-corrected chi connectivity index (χ0v) is 19.1. The minimum atomic E-state index is -0.510. The average Bonchev–Trinajstić information content (AvgIpc) is 3.44. The molecule has 0 saturated carbocycles. The van der Waals surface area contributed by atoms with Crippen LogP contribution in [-0.2, 0) is 4.79 Å². The lowest BCUT2D eigenvalue weighted by Crippen LogP contribution is -2.52. The van der Waals surface area contributed by atoms with Crippen LogP contribution in [0.3, 0.4) is 0 Å². The summed E-state index contributed by atoms with van der Waals surface area (Å²) in [5.74, 6) is 1.14. The number of nitrogens with one attached hydrogen (secondary N) is 1. The summed E-state index contributed by atoms with van der Waals surface area (Å²) in [5.41, 5.74) is 2.85. The van der Waals surface area contributed by atoms with Gasteiger partial charge < -0.3 is 20.2 Å². The van der Waals surface area contributed by atoms with Crippen molar-refractivity contribution < 1.29 is 9.90 Å². The monoisotopic (exact) mass is 455 g/mol. The van der Waals surface area contributed by atoms with Crippen molar-refractivity contribution >= 4 is 23.3 Å². The minimum absolute atomic E-state index is 0.161. The van der Waals surface area contributed by atoms with Crippen LogP contribution in [0, 0.1) is 0 Å². The van der Waals surface area contributed by atoms with E-state index < -0.39 is 6.10 Å². The molecule has 1 aromatic carbocycles. The van der Waals surface area contributed by atoms with E-state index in [1.54, 1.807) is 6.33 Å². The molecule has 5 rings (SSSR count). The van der Waals surface area contributed by atoms with Crippen molar-refractivity contribution in [3.05, 3.63) is 52.4 Å². The highest BCUT2D eigenvalue weighted by Crippen LogP contribution is 2.42. The van der Waals surface area contributed by atoms with Gasteiger partial charge in [0, 0.05) is 42.8 Å². The molecule has 2 aliphatic heterocycles. The topological polar surface area (TPSA) is 81.6 Å². The van der Waals surface area contributed by atoms with Crippen LogP contribution >= 0.6 is 11.6 Å². The number of rotatable bonds is 4. The summed E-state index contributed by atoms with van der Waals surface area (Å²) in [5, 5.41) is 14.5. The predicted octanol–water partition coefficient (Wildman–Crippen LogP) is 2.86. The Labute approximate surface area is 193 Å². The number of carbonyl (C=O) groups is 1. The van der Waals surface area contributed by atoms with E-state index in [0.717, 1.165) is 55.1 Å². The van der Waals surface area contributed by atoms with Crippen molar-refractivity contribution in [2.75, 3.05) is 37.6 Å². The maximum Gasteiger partial charge on any atom is 0.231 e. The first-order valence-corrected chi connectivity index (χ1v) is 12.0. The number of nitrogens with zero attached hydrogens (tertiary/aromatic N) is 4. The Bertz CT molecular complexity index is 971. The number of hydrogen-bond donors (Lipinski definition) is 2. The van der Waals surface area contributed by atoms with Crippen LogP contribution in [0.4, 0.5) is 5.82 Å². The first-order chi connectivity index (χ1) is 15.5. The van der Waals surface area contributed by atoms with Crippen molar-refractivity contribution in [1.82, 2.24) is 20.2 Å². The standard InChI is InChI=1S/C24H30ClN5O2/c1-15-13-19(31)22-20(15)23(28-14-27-22)29-9-11-30(12-10-29)24(32)21(18-3-2-8-26-18)16-4-6-17(25)7-5-16/h4-7,14-15,18-19,21,26,31H,2-3,8-13H2,1H3/t15-,18?,19-,21?/m1/s1. The van der Waals surface area contributed by atoms with E-state index in [4.69, 9.17) is 11.6 Å². The quantitative estimate of drug-likeness (QED) is 0.737. The molecule has 2 saturated heterocycles. The molecular formula is C24H30ClN5O2. The summed E-state index contributed by atoms with van der Waals surface area (Å²) in [6.45, 7) is 5.84. The van der Waals surface area contributed by atoms with Crippen LogP contribution in [0.5, 0.6) is 0 Å². The molecule has 2 aromatic rings. The summed E-state index contributed by atoms with van der Waals surface area (Å²) in [6, 6.07) is 7.87. The summed E-state index contributed by atoms with van der Waals surface area (Å²) in [4.78, 5) is 26.8. The highest BCUT2D eigenvalue weighted by molar-refractivity contribution is 6.30. The van der Waals surface area contributed by atoms with Crippen LogP contribution in [0.1, 0.15) is 60.9 Å². The Morgan fingerprint density at radius 1 is 1.19 bits per heavy atom. The molecule has 2 fully saturated rings. The van der Waals surface area contributed by atoms with Gasteiger partial charge in [0.05, 0.1) is 17.7 Å². The highest BCUT2D eigenvalue weighted by Gasteiger charge is 2.37. The van der Waals surface area contributed by atoms with Crippen molar-refractivity contribution in [3.63, 3.8) is 0 Å². The Kier molecular flexibility index (Phi) is 6.05. The molecule has 2 unspecified atom stereocenters. The molecule has 0 spiro atoms. The smallest absolute Gasteiger partial charge is 0.231 e. The van der Waals surface area contributed by atoms with Crippen LogP contribution in [0.15, 0.2) is 30.6 Å². The molecule has 32 heavy (non-hydrogen) atoms. The van der Waals surface area contributed by atoms with Crippen molar-refractivity contribution in [2.24, 2.45) is 0 Å². The molecule has 1 amide bonds. The summed E-state index contributed by atoms with van der Waals surface area (Å²) < 4.78 is 0.